The summed E-state index contributed by atoms with van der Waals surface area (Å²) in [6.45, 7) is 7.25. The van der Waals surface area contributed by atoms with E-state index in [9.17, 15) is 0 Å². The Hall–Kier alpha value is -1.12. The van der Waals surface area contributed by atoms with Gasteiger partial charge in [-0.2, -0.15) is 0 Å². The zero-order valence-corrected chi connectivity index (χ0v) is 11.2. The Balaban J connectivity index is 1.70. The van der Waals surface area contributed by atoms with Crippen LogP contribution in [0.5, 0.6) is 0 Å². The Morgan fingerprint density at radius 3 is 2.61 bits per heavy atom. The van der Waals surface area contributed by atoms with Gasteiger partial charge >= 0.3 is 0 Å². The maximum atomic E-state index is 5.34. The quantitative estimate of drug-likeness (QED) is 0.739. The van der Waals surface area contributed by atoms with Gasteiger partial charge in [0.2, 0.25) is 0 Å². The first-order chi connectivity index (χ1) is 8.86. The van der Waals surface area contributed by atoms with Crippen LogP contribution in [0.3, 0.4) is 0 Å². The molecule has 2 heteroatoms. The normalized spacial score (nSPS) is 19.2. The summed E-state index contributed by atoms with van der Waals surface area (Å²) in [5, 5.41) is 0. The van der Waals surface area contributed by atoms with Crippen LogP contribution >= 0.6 is 0 Å². The Morgan fingerprint density at radius 1 is 1.17 bits per heavy atom. The molecule has 1 unspecified atom stereocenters. The van der Waals surface area contributed by atoms with Gasteiger partial charge in [0.1, 0.15) is 0 Å². The fraction of sp³-hybridized carbons (Fsp3) is 0.500. The molecule has 1 heterocycles. The summed E-state index contributed by atoms with van der Waals surface area (Å²) >= 11 is 0. The van der Waals surface area contributed by atoms with Gasteiger partial charge in [-0.25, -0.2) is 0 Å². The van der Waals surface area contributed by atoms with E-state index in [-0.39, 0.29) is 0 Å². The third kappa shape index (κ3) is 4.28. The largest absolute Gasteiger partial charge is 0.379 e. The summed E-state index contributed by atoms with van der Waals surface area (Å²) < 4.78 is 5.34. The molecule has 0 bridgehead atoms. The van der Waals surface area contributed by atoms with E-state index in [0.29, 0.717) is 5.92 Å². The van der Waals surface area contributed by atoms with E-state index in [0.717, 1.165) is 39.3 Å². The number of benzene rings is 1. The summed E-state index contributed by atoms with van der Waals surface area (Å²) in [6.07, 6.45) is 5.73. The van der Waals surface area contributed by atoms with Gasteiger partial charge < -0.3 is 4.74 Å². The fourth-order valence-corrected chi connectivity index (χ4v) is 2.23. The minimum Gasteiger partial charge on any atom is -0.379 e. The van der Waals surface area contributed by atoms with Crippen molar-refractivity contribution in [2.24, 2.45) is 0 Å². The molecule has 0 aromatic heterocycles. The van der Waals surface area contributed by atoms with Gasteiger partial charge in [0.15, 0.2) is 0 Å². The molecule has 1 saturated heterocycles. The number of rotatable bonds is 5. The summed E-state index contributed by atoms with van der Waals surface area (Å²) in [5.41, 5.74) is 1.42. The molecule has 1 aromatic rings. The Kier molecular flexibility index (Phi) is 5.43. The molecule has 0 amide bonds. The van der Waals surface area contributed by atoms with Crippen molar-refractivity contribution in [1.82, 2.24) is 4.90 Å². The molecule has 2 rings (SSSR count). The standard InChI is InChI=1S/C16H23NO/c1-15(16-8-3-2-4-9-16)7-5-6-10-17-11-13-18-14-12-17/h2-6,8-9,15H,7,10-14H2,1H3/b6-5+. The lowest BCUT2D eigenvalue weighted by Crippen LogP contribution is -2.36. The lowest BCUT2D eigenvalue weighted by molar-refractivity contribution is 0.0434. The molecule has 1 aliphatic heterocycles. The number of allylic oxidation sites excluding steroid dienone is 1. The lowest BCUT2D eigenvalue weighted by Gasteiger charge is -2.25. The van der Waals surface area contributed by atoms with Crippen molar-refractivity contribution in [1.29, 1.82) is 0 Å². The van der Waals surface area contributed by atoms with Crippen LogP contribution in [0.1, 0.15) is 24.8 Å². The number of morpholine rings is 1. The second-order valence-corrected chi connectivity index (χ2v) is 4.93. The molecule has 1 aromatic carbocycles. The maximum Gasteiger partial charge on any atom is 0.0594 e. The zero-order chi connectivity index (χ0) is 12.6. The number of hydrogen-bond acceptors (Lipinski definition) is 2. The van der Waals surface area contributed by atoms with Gasteiger partial charge in [0.05, 0.1) is 13.2 Å². The first-order valence-electron chi connectivity index (χ1n) is 6.86. The minimum atomic E-state index is 0.604. The molecule has 0 aliphatic carbocycles. The molecule has 2 nitrogen and oxygen atoms in total. The summed E-state index contributed by atoms with van der Waals surface area (Å²) in [4.78, 5) is 2.44. The zero-order valence-electron chi connectivity index (χ0n) is 11.2. The predicted molar refractivity (Wildman–Crippen MR) is 75.9 cm³/mol. The second kappa shape index (κ2) is 7.34. The van der Waals surface area contributed by atoms with Crippen LogP contribution in [0.25, 0.3) is 0 Å². The predicted octanol–water partition coefficient (Wildman–Crippen LogP) is 3.07. The third-order valence-electron chi connectivity index (χ3n) is 3.49. The molecular formula is C16H23NO. The maximum absolute atomic E-state index is 5.34. The molecular weight excluding hydrogens is 222 g/mol. The topological polar surface area (TPSA) is 12.5 Å². The van der Waals surface area contributed by atoms with E-state index >= 15 is 0 Å². The SMILES string of the molecule is CC(C/C=C/CN1CCOCC1)c1ccccc1. The van der Waals surface area contributed by atoms with Crippen LogP contribution in [0.15, 0.2) is 42.5 Å². The summed E-state index contributed by atoms with van der Waals surface area (Å²) in [7, 11) is 0. The number of nitrogens with zero attached hydrogens (tertiary/aromatic N) is 1. The van der Waals surface area contributed by atoms with Crippen LogP contribution in [0.2, 0.25) is 0 Å². The van der Waals surface area contributed by atoms with E-state index < -0.39 is 0 Å². The molecule has 98 valence electrons. The molecule has 0 N–H and O–H groups in total. The molecule has 0 spiro atoms. The molecule has 0 radical (unpaired) electrons. The average Bonchev–Trinajstić information content (AvgIpc) is 2.45. The molecule has 0 saturated carbocycles. The number of hydrogen-bond donors (Lipinski definition) is 0. The van der Waals surface area contributed by atoms with E-state index in [1.807, 2.05) is 0 Å². The van der Waals surface area contributed by atoms with Gasteiger partial charge in [-0.3, -0.25) is 4.90 Å². The Labute approximate surface area is 110 Å². The van der Waals surface area contributed by atoms with E-state index in [2.05, 4.69) is 54.3 Å². The molecule has 1 aliphatic rings. The van der Waals surface area contributed by atoms with E-state index in [1.54, 1.807) is 0 Å². The van der Waals surface area contributed by atoms with Gasteiger partial charge in [-0.05, 0) is 17.9 Å². The van der Waals surface area contributed by atoms with E-state index in [4.69, 9.17) is 4.74 Å². The van der Waals surface area contributed by atoms with Gasteiger partial charge in [-0.1, -0.05) is 49.4 Å². The highest BCUT2D eigenvalue weighted by atomic mass is 16.5. The summed E-state index contributed by atoms with van der Waals surface area (Å²) in [6, 6.07) is 10.7. The highest BCUT2D eigenvalue weighted by Gasteiger charge is 2.07. The summed E-state index contributed by atoms with van der Waals surface area (Å²) in [5.74, 6) is 0.604. The highest BCUT2D eigenvalue weighted by Crippen LogP contribution is 2.18. The first-order valence-corrected chi connectivity index (χ1v) is 6.86. The van der Waals surface area contributed by atoms with Gasteiger partial charge in [-0.15, -0.1) is 0 Å². The smallest absolute Gasteiger partial charge is 0.0594 e. The highest BCUT2D eigenvalue weighted by molar-refractivity contribution is 5.19. The van der Waals surface area contributed by atoms with Gasteiger partial charge in [0.25, 0.3) is 0 Å². The monoisotopic (exact) mass is 245 g/mol. The van der Waals surface area contributed by atoms with Gasteiger partial charge in [0, 0.05) is 19.6 Å². The third-order valence-corrected chi connectivity index (χ3v) is 3.49. The lowest BCUT2D eigenvalue weighted by atomic mass is 9.98. The van der Waals surface area contributed by atoms with Crippen LogP contribution in [-0.4, -0.2) is 37.7 Å². The van der Waals surface area contributed by atoms with Crippen molar-refractivity contribution in [3.8, 4) is 0 Å². The van der Waals surface area contributed by atoms with Crippen LogP contribution in [0, 0.1) is 0 Å². The van der Waals surface area contributed by atoms with Crippen molar-refractivity contribution in [3.63, 3.8) is 0 Å². The Morgan fingerprint density at radius 2 is 1.89 bits per heavy atom. The van der Waals surface area contributed by atoms with Crippen LogP contribution in [0.4, 0.5) is 0 Å². The van der Waals surface area contributed by atoms with Crippen molar-refractivity contribution in [2.75, 3.05) is 32.8 Å². The van der Waals surface area contributed by atoms with Crippen molar-refractivity contribution in [3.05, 3.63) is 48.0 Å². The first kappa shape index (κ1) is 13.3. The second-order valence-electron chi connectivity index (χ2n) is 4.93. The molecule has 1 atom stereocenters. The van der Waals surface area contributed by atoms with E-state index in [1.165, 1.54) is 5.56 Å². The van der Waals surface area contributed by atoms with Crippen molar-refractivity contribution in [2.45, 2.75) is 19.3 Å². The molecule has 18 heavy (non-hydrogen) atoms. The fourth-order valence-electron chi connectivity index (χ4n) is 2.23. The molecule has 1 fully saturated rings. The van der Waals surface area contributed by atoms with Crippen molar-refractivity contribution >= 4 is 0 Å². The minimum absolute atomic E-state index is 0.604. The van der Waals surface area contributed by atoms with Crippen molar-refractivity contribution < 1.29 is 4.74 Å². The average molecular weight is 245 g/mol. The van der Waals surface area contributed by atoms with Crippen LogP contribution in [-0.2, 0) is 4.74 Å². The number of ether oxygens (including phenoxy) is 1. The Bertz CT molecular complexity index is 355. The van der Waals surface area contributed by atoms with Crippen LogP contribution < -0.4 is 0 Å².